The molecule has 1 aromatic carbocycles. The maximum absolute atomic E-state index is 13.2. The van der Waals surface area contributed by atoms with Gasteiger partial charge in [-0.2, -0.15) is 13.2 Å². The Hall–Kier alpha value is -1.60. The number of alkyl halides is 3. The molecule has 0 radical (unpaired) electrons. The summed E-state index contributed by atoms with van der Waals surface area (Å²) in [6.07, 6.45) is -2.01. The second-order valence-corrected chi connectivity index (χ2v) is 4.73. The van der Waals surface area contributed by atoms with Crippen molar-refractivity contribution in [2.24, 2.45) is 0 Å². The Kier molecular flexibility index (Phi) is 6.37. The lowest BCUT2D eigenvalue weighted by molar-refractivity contribution is -0.137. The van der Waals surface area contributed by atoms with E-state index in [9.17, 15) is 22.4 Å². The molecule has 3 nitrogen and oxygen atoms in total. The van der Waals surface area contributed by atoms with Crippen molar-refractivity contribution in [1.29, 1.82) is 0 Å². The smallest absolute Gasteiger partial charge is 0.348 e. The Balaban J connectivity index is 0.00000242. The van der Waals surface area contributed by atoms with Gasteiger partial charge >= 0.3 is 6.18 Å². The zero-order valence-electron chi connectivity index (χ0n) is 11.5. The third kappa shape index (κ3) is 4.99. The van der Waals surface area contributed by atoms with Crippen molar-refractivity contribution in [2.75, 3.05) is 19.6 Å². The molecule has 1 aromatic rings. The highest BCUT2D eigenvalue weighted by molar-refractivity contribution is 5.94. The molecule has 1 heterocycles. The molecule has 122 valence electrons. The van der Waals surface area contributed by atoms with Crippen LogP contribution in [-0.4, -0.2) is 25.5 Å². The van der Waals surface area contributed by atoms with Crippen LogP contribution in [0.5, 0.6) is 0 Å². The Morgan fingerprint density at radius 2 is 2.00 bits per heavy atom. The van der Waals surface area contributed by atoms with Gasteiger partial charge in [-0.05, 0) is 31.2 Å². The van der Waals surface area contributed by atoms with Gasteiger partial charge in [-0.1, -0.05) is 11.6 Å². The van der Waals surface area contributed by atoms with E-state index in [1.165, 1.54) is 0 Å². The highest BCUT2D eigenvalue weighted by Gasteiger charge is 2.32. The molecule has 2 rings (SSSR count). The van der Waals surface area contributed by atoms with Crippen molar-refractivity contribution in [2.45, 2.75) is 12.6 Å². The first kappa shape index (κ1) is 18.4. The van der Waals surface area contributed by atoms with Gasteiger partial charge in [0, 0.05) is 18.7 Å². The van der Waals surface area contributed by atoms with Crippen LogP contribution in [0.2, 0.25) is 0 Å². The van der Waals surface area contributed by atoms with Crippen LogP contribution in [0.1, 0.15) is 22.3 Å². The summed E-state index contributed by atoms with van der Waals surface area (Å²) in [6, 6.07) is 1.81. The van der Waals surface area contributed by atoms with Crippen molar-refractivity contribution in [1.82, 2.24) is 10.6 Å². The number of carbonyl (C=O) groups is 1. The average molecular weight is 339 g/mol. The third-order valence-corrected chi connectivity index (χ3v) is 3.12. The second-order valence-electron chi connectivity index (χ2n) is 4.73. The van der Waals surface area contributed by atoms with Crippen molar-refractivity contribution < 1.29 is 22.4 Å². The normalized spacial score (nSPS) is 14.8. The average Bonchev–Trinajstić information content (AvgIpc) is 2.44. The molecule has 1 aliphatic heterocycles. The summed E-state index contributed by atoms with van der Waals surface area (Å²) in [5.41, 5.74) is -0.514. The van der Waals surface area contributed by atoms with Gasteiger partial charge in [0.1, 0.15) is 5.82 Å². The standard InChI is InChI=1S/C14H14F4N2O.ClH/c15-12-6-10(5-11(7-12)14(16,17)18)13(21)20-8-9-1-3-19-4-2-9;/h1,5-7,19H,2-4,8H2,(H,20,21);1H. The fourth-order valence-electron chi connectivity index (χ4n) is 2.01. The molecule has 0 fully saturated rings. The van der Waals surface area contributed by atoms with E-state index in [1.54, 1.807) is 0 Å². The van der Waals surface area contributed by atoms with Crippen LogP contribution >= 0.6 is 12.4 Å². The van der Waals surface area contributed by atoms with Crippen LogP contribution in [0.4, 0.5) is 17.6 Å². The molecule has 0 bridgehead atoms. The number of benzene rings is 1. The molecule has 22 heavy (non-hydrogen) atoms. The number of amides is 1. The number of nitrogens with one attached hydrogen (secondary N) is 2. The molecule has 0 aliphatic carbocycles. The molecular weight excluding hydrogens is 324 g/mol. The molecule has 1 amide bonds. The lowest BCUT2D eigenvalue weighted by Gasteiger charge is -2.15. The third-order valence-electron chi connectivity index (χ3n) is 3.12. The van der Waals surface area contributed by atoms with Crippen LogP contribution in [-0.2, 0) is 6.18 Å². The van der Waals surface area contributed by atoms with E-state index in [1.807, 2.05) is 6.08 Å². The van der Waals surface area contributed by atoms with Gasteiger partial charge in [-0.3, -0.25) is 4.79 Å². The van der Waals surface area contributed by atoms with Gasteiger partial charge in [-0.25, -0.2) is 4.39 Å². The summed E-state index contributed by atoms with van der Waals surface area (Å²) in [5, 5.41) is 5.61. The van der Waals surface area contributed by atoms with Crippen molar-refractivity contribution >= 4 is 18.3 Å². The number of rotatable bonds is 3. The number of carbonyl (C=O) groups excluding carboxylic acids is 1. The Morgan fingerprint density at radius 1 is 1.27 bits per heavy atom. The van der Waals surface area contributed by atoms with E-state index in [0.29, 0.717) is 18.7 Å². The van der Waals surface area contributed by atoms with Crippen molar-refractivity contribution in [3.8, 4) is 0 Å². The first-order valence-corrected chi connectivity index (χ1v) is 6.41. The van der Waals surface area contributed by atoms with E-state index in [-0.39, 0.29) is 24.5 Å². The monoisotopic (exact) mass is 338 g/mol. The van der Waals surface area contributed by atoms with E-state index in [2.05, 4.69) is 10.6 Å². The van der Waals surface area contributed by atoms with Gasteiger partial charge in [0.15, 0.2) is 0 Å². The van der Waals surface area contributed by atoms with E-state index in [0.717, 1.165) is 24.6 Å². The SMILES string of the molecule is Cl.O=C(NCC1=CCNCC1)c1cc(F)cc(C(F)(F)F)c1. The summed E-state index contributed by atoms with van der Waals surface area (Å²) in [6.45, 7) is 1.74. The topological polar surface area (TPSA) is 41.1 Å². The summed E-state index contributed by atoms with van der Waals surface area (Å²) in [7, 11) is 0. The molecular formula is C14H15ClF4N2O. The summed E-state index contributed by atoms with van der Waals surface area (Å²) in [5.74, 6) is -1.81. The fourth-order valence-corrected chi connectivity index (χ4v) is 2.01. The highest BCUT2D eigenvalue weighted by atomic mass is 35.5. The predicted molar refractivity (Wildman–Crippen MR) is 76.6 cm³/mol. The quantitative estimate of drug-likeness (QED) is 0.657. The van der Waals surface area contributed by atoms with Crippen LogP contribution in [0.25, 0.3) is 0 Å². The molecule has 0 spiro atoms. The van der Waals surface area contributed by atoms with Gasteiger partial charge in [0.25, 0.3) is 5.91 Å². The summed E-state index contributed by atoms with van der Waals surface area (Å²) < 4.78 is 50.9. The Bertz CT molecular complexity index is 572. The zero-order chi connectivity index (χ0) is 15.5. The van der Waals surface area contributed by atoms with Gasteiger partial charge in [-0.15, -0.1) is 12.4 Å². The van der Waals surface area contributed by atoms with Crippen molar-refractivity contribution in [3.05, 3.63) is 46.8 Å². The molecule has 0 atom stereocenters. The molecule has 0 saturated heterocycles. The van der Waals surface area contributed by atoms with Crippen molar-refractivity contribution in [3.63, 3.8) is 0 Å². The Morgan fingerprint density at radius 3 is 2.59 bits per heavy atom. The summed E-state index contributed by atoms with van der Waals surface area (Å²) >= 11 is 0. The molecule has 0 aromatic heterocycles. The highest BCUT2D eigenvalue weighted by Crippen LogP contribution is 2.30. The van der Waals surface area contributed by atoms with Gasteiger partial charge in [0.2, 0.25) is 0 Å². The molecule has 2 N–H and O–H groups in total. The van der Waals surface area contributed by atoms with Gasteiger partial charge in [0.05, 0.1) is 5.56 Å². The Labute approximate surface area is 131 Å². The maximum Gasteiger partial charge on any atom is 0.416 e. The molecule has 0 saturated carbocycles. The zero-order valence-corrected chi connectivity index (χ0v) is 12.3. The number of halogens is 5. The van der Waals surface area contributed by atoms with Crippen LogP contribution in [0.15, 0.2) is 29.8 Å². The minimum Gasteiger partial charge on any atom is -0.348 e. The van der Waals surface area contributed by atoms with Crippen LogP contribution < -0.4 is 10.6 Å². The summed E-state index contributed by atoms with van der Waals surface area (Å²) in [4.78, 5) is 11.8. The minimum atomic E-state index is -4.69. The molecule has 0 unspecified atom stereocenters. The fraction of sp³-hybridized carbons (Fsp3) is 0.357. The number of hydrogen-bond acceptors (Lipinski definition) is 2. The number of hydrogen-bond donors (Lipinski definition) is 2. The van der Waals surface area contributed by atoms with E-state index >= 15 is 0 Å². The van der Waals surface area contributed by atoms with Gasteiger partial charge < -0.3 is 10.6 Å². The molecule has 8 heteroatoms. The van der Waals surface area contributed by atoms with Crippen LogP contribution in [0.3, 0.4) is 0 Å². The van der Waals surface area contributed by atoms with E-state index < -0.39 is 23.5 Å². The predicted octanol–water partition coefficient (Wildman–Crippen LogP) is 2.92. The largest absolute Gasteiger partial charge is 0.416 e. The lowest BCUT2D eigenvalue weighted by atomic mass is 10.1. The van der Waals surface area contributed by atoms with E-state index in [4.69, 9.17) is 0 Å². The first-order chi connectivity index (χ1) is 9.86. The molecule has 1 aliphatic rings. The van der Waals surface area contributed by atoms with Crippen LogP contribution in [0, 0.1) is 5.82 Å². The maximum atomic E-state index is 13.2. The first-order valence-electron chi connectivity index (χ1n) is 6.41. The lowest BCUT2D eigenvalue weighted by Crippen LogP contribution is -2.29. The second kappa shape index (κ2) is 7.60. The minimum absolute atomic E-state index is 0.